The van der Waals surface area contributed by atoms with E-state index >= 15 is 0 Å². The number of aliphatic hydroxyl groups is 1. The van der Waals surface area contributed by atoms with Crippen LogP contribution in [-0.2, 0) is 0 Å². The molecule has 0 spiro atoms. The zero-order valence-electron chi connectivity index (χ0n) is 8.26. The fourth-order valence-corrected chi connectivity index (χ4v) is 2.23. The molecule has 0 aliphatic heterocycles. The molecule has 0 bridgehead atoms. The van der Waals surface area contributed by atoms with Gasteiger partial charge in [0.2, 0.25) is 0 Å². The second kappa shape index (κ2) is 3.71. The van der Waals surface area contributed by atoms with Crippen molar-refractivity contribution in [3.8, 4) is 0 Å². The summed E-state index contributed by atoms with van der Waals surface area (Å²) in [6.07, 6.45) is 7.67. The summed E-state index contributed by atoms with van der Waals surface area (Å²) in [6, 6.07) is 2.28. The minimum absolute atomic E-state index is 0.0742. The summed E-state index contributed by atoms with van der Waals surface area (Å²) < 4.78 is 1.95. The van der Waals surface area contributed by atoms with Gasteiger partial charge in [-0.25, -0.2) is 0 Å². The van der Waals surface area contributed by atoms with Gasteiger partial charge in [0.05, 0.1) is 12.6 Å². The van der Waals surface area contributed by atoms with Gasteiger partial charge in [-0.15, -0.1) is 0 Å². The van der Waals surface area contributed by atoms with Crippen LogP contribution in [0.5, 0.6) is 0 Å². The highest BCUT2D eigenvalue weighted by Gasteiger charge is 2.32. The van der Waals surface area contributed by atoms with Crippen LogP contribution in [0.3, 0.4) is 0 Å². The molecule has 0 radical (unpaired) electrons. The van der Waals surface area contributed by atoms with Gasteiger partial charge in [-0.3, -0.25) is 4.68 Å². The van der Waals surface area contributed by atoms with E-state index in [-0.39, 0.29) is 6.61 Å². The predicted molar refractivity (Wildman–Crippen MR) is 53.7 cm³/mol. The maximum atomic E-state index is 9.21. The lowest BCUT2D eigenvalue weighted by Crippen LogP contribution is -2.47. The second-order valence-corrected chi connectivity index (χ2v) is 4.26. The third kappa shape index (κ3) is 1.81. The normalized spacial score (nSPS) is 33.1. The first-order valence-electron chi connectivity index (χ1n) is 5.12. The summed E-state index contributed by atoms with van der Waals surface area (Å²) in [5.74, 6) is 0. The standard InChI is InChI=1S/C10H17N3O/c11-10(8-14)4-1-3-9(7-10)13-6-2-5-12-13/h2,5-6,9,14H,1,3-4,7-8,11H2. The van der Waals surface area contributed by atoms with Crippen LogP contribution in [0.25, 0.3) is 0 Å². The van der Waals surface area contributed by atoms with E-state index < -0.39 is 5.54 Å². The van der Waals surface area contributed by atoms with Gasteiger partial charge in [0.1, 0.15) is 0 Å². The summed E-state index contributed by atoms with van der Waals surface area (Å²) in [7, 11) is 0. The molecule has 1 aliphatic carbocycles. The lowest BCUT2D eigenvalue weighted by molar-refractivity contribution is 0.127. The SMILES string of the molecule is NC1(CO)CCCC(n2cccn2)C1. The van der Waals surface area contributed by atoms with Crippen molar-refractivity contribution in [2.24, 2.45) is 5.73 Å². The fourth-order valence-electron chi connectivity index (χ4n) is 2.23. The van der Waals surface area contributed by atoms with E-state index in [2.05, 4.69) is 5.10 Å². The van der Waals surface area contributed by atoms with Gasteiger partial charge in [0.15, 0.2) is 0 Å². The minimum atomic E-state index is -0.394. The first-order valence-corrected chi connectivity index (χ1v) is 5.12. The van der Waals surface area contributed by atoms with Gasteiger partial charge in [0, 0.05) is 17.9 Å². The number of hydrogen-bond acceptors (Lipinski definition) is 3. The van der Waals surface area contributed by atoms with Crippen LogP contribution >= 0.6 is 0 Å². The van der Waals surface area contributed by atoms with Crippen molar-refractivity contribution in [2.75, 3.05) is 6.61 Å². The van der Waals surface area contributed by atoms with Gasteiger partial charge >= 0.3 is 0 Å². The third-order valence-corrected chi connectivity index (χ3v) is 3.07. The maximum Gasteiger partial charge on any atom is 0.0612 e. The average molecular weight is 195 g/mol. The zero-order valence-corrected chi connectivity index (χ0v) is 8.26. The molecule has 4 nitrogen and oxygen atoms in total. The van der Waals surface area contributed by atoms with E-state index in [1.54, 1.807) is 6.20 Å². The van der Waals surface area contributed by atoms with Gasteiger partial charge in [-0.05, 0) is 31.7 Å². The Balaban J connectivity index is 2.08. The Morgan fingerprint density at radius 1 is 1.64 bits per heavy atom. The van der Waals surface area contributed by atoms with Crippen LogP contribution in [-0.4, -0.2) is 27.0 Å². The summed E-state index contributed by atoms with van der Waals surface area (Å²) in [5, 5.41) is 13.4. The molecule has 0 aromatic carbocycles. The Morgan fingerprint density at radius 2 is 2.50 bits per heavy atom. The third-order valence-electron chi connectivity index (χ3n) is 3.07. The molecule has 1 heterocycles. The molecule has 0 saturated heterocycles. The minimum Gasteiger partial charge on any atom is -0.394 e. The van der Waals surface area contributed by atoms with Crippen molar-refractivity contribution in [1.29, 1.82) is 0 Å². The maximum absolute atomic E-state index is 9.21. The van der Waals surface area contributed by atoms with Crippen molar-refractivity contribution in [3.63, 3.8) is 0 Å². The van der Waals surface area contributed by atoms with Crippen molar-refractivity contribution in [2.45, 2.75) is 37.3 Å². The van der Waals surface area contributed by atoms with Gasteiger partial charge in [0.25, 0.3) is 0 Å². The lowest BCUT2D eigenvalue weighted by atomic mass is 9.80. The van der Waals surface area contributed by atoms with Gasteiger partial charge in [-0.2, -0.15) is 5.10 Å². The van der Waals surface area contributed by atoms with E-state index in [4.69, 9.17) is 5.73 Å². The van der Waals surface area contributed by atoms with Crippen molar-refractivity contribution in [1.82, 2.24) is 9.78 Å². The number of nitrogens with zero attached hydrogens (tertiary/aromatic N) is 2. The largest absolute Gasteiger partial charge is 0.394 e. The average Bonchev–Trinajstić information content (AvgIpc) is 2.71. The van der Waals surface area contributed by atoms with Crippen molar-refractivity contribution >= 4 is 0 Å². The molecule has 2 rings (SSSR count). The van der Waals surface area contributed by atoms with Crippen LogP contribution in [0.2, 0.25) is 0 Å². The topological polar surface area (TPSA) is 64.1 Å². The zero-order chi connectivity index (χ0) is 10.0. The molecule has 4 heteroatoms. The highest BCUT2D eigenvalue weighted by Crippen LogP contribution is 2.33. The number of hydrogen-bond donors (Lipinski definition) is 2. The van der Waals surface area contributed by atoms with Gasteiger partial charge in [-0.1, -0.05) is 0 Å². The Bertz CT molecular complexity index is 286. The molecular formula is C10H17N3O. The summed E-state index contributed by atoms with van der Waals surface area (Å²) >= 11 is 0. The van der Waals surface area contributed by atoms with E-state index in [1.807, 2.05) is 16.9 Å². The Labute approximate surface area is 83.7 Å². The van der Waals surface area contributed by atoms with Crippen LogP contribution < -0.4 is 5.73 Å². The fraction of sp³-hybridized carbons (Fsp3) is 0.700. The van der Waals surface area contributed by atoms with Crippen molar-refractivity contribution in [3.05, 3.63) is 18.5 Å². The molecule has 1 aromatic rings. The van der Waals surface area contributed by atoms with E-state index in [0.717, 1.165) is 25.7 Å². The molecule has 1 saturated carbocycles. The summed E-state index contributed by atoms with van der Waals surface area (Å²) in [5.41, 5.74) is 5.67. The molecular weight excluding hydrogens is 178 g/mol. The lowest BCUT2D eigenvalue weighted by Gasteiger charge is -2.36. The molecule has 3 N–H and O–H groups in total. The molecule has 1 fully saturated rings. The Kier molecular flexibility index (Phi) is 2.56. The number of aliphatic hydroxyl groups excluding tert-OH is 1. The van der Waals surface area contributed by atoms with Crippen LogP contribution in [0.15, 0.2) is 18.5 Å². The first kappa shape index (κ1) is 9.68. The number of nitrogens with two attached hydrogens (primary N) is 1. The molecule has 14 heavy (non-hydrogen) atoms. The summed E-state index contributed by atoms with van der Waals surface area (Å²) in [6.45, 7) is 0.0742. The van der Waals surface area contributed by atoms with E-state index in [0.29, 0.717) is 6.04 Å². The smallest absolute Gasteiger partial charge is 0.0612 e. The molecule has 2 unspecified atom stereocenters. The highest BCUT2D eigenvalue weighted by atomic mass is 16.3. The summed E-state index contributed by atoms with van der Waals surface area (Å²) in [4.78, 5) is 0. The van der Waals surface area contributed by atoms with Crippen LogP contribution in [0.4, 0.5) is 0 Å². The second-order valence-electron chi connectivity index (χ2n) is 4.26. The molecule has 0 amide bonds. The monoisotopic (exact) mass is 195 g/mol. The van der Waals surface area contributed by atoms with E-state index in [9.17, 15) is 5.11 Å². The van der Waals surface area contributed by atoms with Crippen LogP contribution in [0.1, 0.15) is 31.7 Å². The quantitative estimate of drug-likeness (QED) is 0.729. The molecule has 2 atom stereocenters. The first-order chi connectivity index (χ1) is 6.73. The molecule has 1 aliphatic rings. The van der Waals surface area contributed by atoms with Crippen LogP contribution in [0, 0.1) is 0 Å². The van der Waals surface area contributed by atoms with E-state index in [1.165, 1.54) is 0 Å². The highest BCUT2D eigenvalue weighted by molar-refractivity contribution is 4.93. The predicted octanol–water partition coefficient (Wildman–Crippen LogP) is 0.688. The molecule has 78 valence electrons. The van der Waals surface area contributed by atoms with Crippen molar-refractivity contribution < 1.29 is 5.11 Å². The van der Waals surface area contributed by atoms with Gasteiger partial charge < -0.3 is 10.8 Å². The Morgan fingerprint density at radius 3 is 3.14 bits per heavy atom. The number of aromatic nitrogens is 2. The Hall–Kier alpha value is -0.870. The number of rotatable bonds is 2. The molecule has 1 aromatic heterocycles.